The first-order valence-electron chi connectivity index (χ1n) is 7.86. The van der Waals surface area contributed by atoms with Crippen LogP contribution in [-0.4, -0.2) is 36.3 Å². The number of nitrogens with zero attached hydrogens (tertiary/aromatic N) is 4. The Hall–Kier alpha value is -4.03. The van der Waals surface area contributed by atoms with Crippen molar-refractivity contribution in [3.8, 4) is 22.8 Å². The molecule has 3 N–H and O–H groups in total. The summed E-state index contributed by atoms with van der Waals surface area (Å²) in [5, 5.41) is 14.7. The van der Waals surface area contributed by atoms with Crippen LogP contribution in [0.2, 0.25) is 0 Å². The molecule has 4 aromatic heterocycles. The molecule has 0 aliphatic rings. The summed E-state index contributed by atoms with van der Waals surface area (Å²) in [6, 6.07) is 1.15. The average Bonchev–Trinajstić information content (AvgIpc) is 3.42. The van der Waals surface area contributed by atoms with Gasteiger partial charge in [0.15, 0.2) is 11.5 Å². The molecule has 0 aromatic carbocycles. The summed E-state index contributed by atoms with van der Waals surface area (Å²) in [7, 11) is 0. The molecule has 4 aromatic rings. The van der Waals surface area contributed by atoms with Gasteiger partial charge < -0.3 is 9.73 Å². The second kappa shape index (κ2) is 6.85. The van der Waals surface area contributed by atoms with E-state index in [-0.39, 0.29) is 23.0 Å². The Morgan fingerprint density at radius 2 is 1.97 bits per heavy atom. The zero-order valence-corrected chi connectivity index (χ0v) is 14.1. The van der Waals surface area contributed by atoms with E-state index in [0.717, 1.165) is 12.5 Å². The van der Waals surface area contributed by atoms with Crippen LogP contribution in [0.4, 0.5) is 23.2 Å². The summed E-state index contributed by atoms with van der Waals surface area (Å²) >= 11 is 0. The Morgan fingerprint density at radius 3 is 2.69 bits per heavy atom. The van der Waals surface area contributed by atoms with E-state index < -0.39 is 29.3 Å². The van der Waals surface area contributed by atoms with Crippen molar-refractivity contribution in [1.29, 1.82) is 0 Å². The van der Waals surface area contributed by atoms with Crippen molar-refractivity contribution in [2.24, 2.45) is 0 Å². The molecule has 0 aliphatic heterocycles. The van der Waals surface area contributed by atoms with Gasteiger partial charge in [0.05, 0.1) is 23.6 Å². The maximum Gasteiger partial charge on any atom is 0.433 e. The predicted molar refractivity (Wildman–Crippen MR) is 88.8 cm³/mol. The maximum atomic E-state index is 14.1. The largest absolute Gasteiger partial charge is 0.444 e. The Morgan fingerprint density at radius 1 is 1.14 bits per heavy atom. The van der Waals surface area contributed by atoms with Gasteiger partial charge in [0.2, 0.25) is 5.89 Å². The van der Waals surface area contributed by atoms with Crippen LogP contribution in [0.15, 0.2) is 41.4 Å². The minimum absolute atomic E-state index is 0.0893. The Kier molecular flexibility index (Phi) is 4.33. The smallest absolute Gasteiger partial charge is 0.433 e. The third-order valence-corrected chi connectivity index (χ3v) is 3.74. The number of nitrogens with one attached hydrogen (secondary N) is 3. The summed E-state index contributed by atoms with van der Waals surface area (Å²) in [6.07, 6.45) is 0.357. The lowest BCUT2D eigenvalue weighted by atomic mass is 10.2. The van der Waals surface area contributed by atoms with Gasteiger partial charge in [-0.2, -0.15) is 23.4 Å². The van der Waals surface area contributed by atoms with Gasteiger partial charge in [-0.3, -0.25) is 15.0 Å². The third-order valence-electron chi connectivity index (χ3n) is 3.74. The quantitative estimate of drug-likeness (QED) is 0.446. The van der Waals surface area contributed by atoms with Crippen LogP contribution in [0.1, 0.15) is 16.2 Å². The topological polar surface area (TPSA) is 125 Å². The van der Waals surface area contributed by atoms with E-state index in [1.807, 2.05) is 0 Å². The highest BCUT2D eigenvalue weighted by molar-refractivity contribution is 6.04. The van der Waals surface area contributed by atoms with Gasteiger partial charge in [0, 0.05) is 6.20 Å². The Balaban J connectivity index is 1.61. The van der Waals surface area contributed by atoms with Gasteiger partial charge in [-0.05, 0) is 12.1 Å². The highest BCUT2D eigenvalue weighted by atomic mass is 19.4. The lowest BCUT2D eigenvalue weighted by Crippen LogP contribution is -2.13. The van der Waals surface area contributed by atoms with Crippen LogP contribution in [0.25, 0.3) is 22.8 Å². The third kappa shape index (κ3) is 3.56. The standard InChI is InChI=1S/C16H9F4N7O2/c17-8-1-2-11(16(18,19)20)26-12(8)13-9(5-23-27-13)24-14(28)10-6-29-15(25-10)7-3-21-22-4-7/h1-6H,(H,21,22)(H,23,27)(H,24,28). The number of halogens is 4. The first-order chi connectivity index (χ1) is 13.8. The molecular formula is C16H9F4N7O2. The number of alkyl halides is 3. The number of hydrogen-bond acceptors (Lipinski definition) is 6. The van der Waals surface area contributed by atoms with Crippen molar-refractivity contribution in [2.45, 2.75) is 6.18 Å². The molecule has 0 unspecified atom stereocenters. The van der Waals surface area contributed by atoms with E-state index in [1.165, 1.54) is 12.4 Å². The monoisotopic (exact) mass is 407 g/mol. The zero-order valence-electron chi connectivity index (χ0n) is 14.1. The highest BCUT2D eigenvalue weighted by Crippen LogP contribution is 2.32. The van der Waals surface area contributed by atoms with Crippen molar-refractivity contribution in [3.63, 3.8) is 0 Å². The van der Waals surface area contributed by atoms with E-state index in [2.05, 4.69) is 35.7 Å². The Labute approximate surface area is 158 Å². The lowest BCUT2D eigenvalue weighted by Gasteiger charge is -2.09. The molecule has 148 valence electrons. The second-order valence-corrected chi connectivity index (χ2v) is 5.66. The van der Waals surface area contributed by atoms with Gasteiger partial charge in [-0.15, -0.1) is 0 Å². The van der Waals surface area contributed by atoms with Crippen LogP contribution < -0.4 is 5.32 Å². The molecule has 0 radical (unpaired) electrons. The van der Waals surface area contributed by atoms with Gasteiger partial charge in [-0.25, -0.2) is 14.4 Å². The summed E-state index contributed by atoms with van der Waals surface area (Å²) in [4.78, 5) is 19.7. The van der Waals surface area contributed by atoms with E-state index in [9.17, 15) is 22.4 Å². The van der Waals surface area contributed by atoms with Gasteiger partial charge >= 0.3 is 6.18 Å². The molecule has 9 nitrogen and oxygen atoms in total. The van der Waals surface area contributed by atoms with E-state index in [4.69, 9.17) is 4.42 Å². The fourth-order valence-electron chi connectivity index (χ4n) is 2.40. The molecule has 0 fully saturated rings. The predicted octanol–water partition coefficient (Wildman–Crippen LogP) is 3.26. The number of oxazole rings is 1. The van der Waals surface area contributed by atoms with Crippen molar-refractivity contribution in [3.05, 3.63) is 54.2 Å². The first kappa shape index (κ1) is 18.3. The van der Waals surface area contributed by atoms with Crippen LogP contribution in [0.3, 0.4) is 0 Å². The minimum Gasteiger partial charge on any atom is -0.444 e. The number of aromatic nitrogens is 6. The van der Waals surface area contributed by atoms with Gasteiger partial charge in [0.25, 0.3) is 5.91 Å². The number of H-pyrrole nitrogens is 2. The lowest BCUT2D eigenvalue weighted by molar-refractivity contribution is -0.141. The molecule has 0 spiro atoms. The van der Waals surface area contributed by atoms with Crippen molar-refractivity contribution < 1.29 is 26.8 Å². The average molecular weight is 407 g/mol. The number of rotatable bonds is 4. The molecule has 13 heteroatoms. The van der Waals surface area contributed by atoms with E-state index >= 15 is 0 Å². The number of pyridine rings is 1. The molecule has 1 amide bonds. The Bertz CT molecular complexity index is 1160. The second-order valence-electron chi connectivity index (χ2n) is 5.66. The zero-order chi connectivity index (χ0) is 20.6. The summed E-state index contributed by atoms with van der Waals surface area (Å²) in [6.45, 7) is 0. The first-order valence-corrected chi connectivity index (χ1v) is 7.86. The number of amides is 1. The molecule has 0 saturated heterocycles. The molecule has 4 heterocycles. The summed E-state index contributed by atoms with van der Waals surface area (Å²) in [5.41, 5.74) is -1.88. The molecule has 29 heavy (non-hydrogen) atoms. The SMILES string of the molecule is O=C(Nc1cn[nH]c1-c1nc(C(F)(F)F)ccc1F)c1coc(-c2cn[nH]c2)n1. The van der Waals surface area contributed by atoms with E-state index in [0.29, 0.717) is 17.7 Å². The summed E-state index contributed by atoms with van der Waals surface area (Å²) < 4.78 is 57.9. The number of aromatic amines is 2. The minimum atomic E-state index is -4.77. The summed E-state index contributed by atoms with van der Waals surface area (Å²) in [5.74, 6) is -1.65. The van der Waals surface area contributed by atoms with Crippen molar-refractivity contribution in [1.82, 2.24) is 30.4 Å². The molecule has 4 rings (SSSR count). The van der Waals surface area contributed by atoms with Gasteiger partial charge in [0.1, 0.15) is 23.3 Å². The number of anilines is 1. The molecule has 0 saturated carbocycles. The van der Waals surface area contributed by atoms with Crippen LogP contribution in [0.5, 0.6) is 0 Å². The maximum absolute atomic E-state index is 14.1. The molecule has 0 aliphatic carbocycles. The van der Waals surface area contributed by atoms with Gasteiger partial charge in [-0.1, -0.05) is 0 Å². The van der Waals surface area contributed by atoms with E-state index in [1.54, 1.807) is 0 Å². The fourth-order valence-corrected chi connectivity index (χ4v) is 2.40. The van der Waals surface area contributed by atoms with Crippen molar-refractivity contribution in [2.75, 3.05) is 5.32 Å². The molecule has 0 atom stereocenters. The van der Waals surface area contributed by atoms with Crippen molar-refractivity contribution >= 4 is 11.6 Å². The van der Waals surface area contributed by atoms with Crippen LogP contribution >= 0.6 is 0 Å². The molecular weight excluding hydrogens is 398 g/mol. The fraction of sp³-hybridized carbons (Fsp3) is 0.0625. The molecule has 0 bridgehead atoms. The highest BCUT2D eigenvalue weighted by Gasteiger charge is 2.33. The van der Waals surface area contributed by atoms with Crippen LogP contribution in [0, 0.1) is 5.82 Å². The number of carbonyl (C=O) groups is 1. The normalized spacial score (nSPS) is 11.6. The number of hydrogen-bond donors (Lipinski definition) is 3. The van der Waals surface area contributed by atoms with Crippen LogP contribution in [-0.2, 0) is 6.18 Å². The number of carbonyl (C=O) groups excluding carboxylic acids is 1.